The minimum Gasteiger partial charge on any atom is -0.456 e. The van der Waals surface area contributed by atoms with Gasteiger partial charge in [-0.25, -0.2) is 4.79 Å². The number of carbonyl (C=O) groups excluding carboxylic acids is 1. The van der Waals surface area contributed by atoms with Crippen LogP contribution >= 0.6 is 0 Å². The van der Waals surface area contributed by atoms with Crippen LogP contribution in [0, 0.1) is 0 Å². The SMILES string of the molecule is C=CCOC[C@@]1(OC)[C@H](OC)[C@H](OC(=O)c2ccccc2)CCC12OCCO2. The first-order chi connectivity index (χ1) is 13.6. The fourth-order valence-corrected chi connectivity index (χ4v) is 4.11. The maximum absolute atomic E-state index is 12.6. The molecule has 0 unspecified atom stereocenters. The summed E-state index contributed by atoms with van der Waals surface area (Å²) >= 11 is 0. The van der Waals surface area contributed by atoms with E-state index < -0.39 is 29.6 Å². The van der Waals surface area contributed by atoms with E-state index >= 15 is 0 Å². The van der Waals surface area contributed by atoms with Crippen LogP contribution in [0.2, 0.25) is 0 Å². The minimum atomic E-state index is -1.10. The van der Waals surface area contributed by atoms with E-state index in [1.807, 2.05) is 6.07 Å². The Balaban J connectivity index is 1.87. The molecule has 2 aliphatic rings. The van der Waals surface area contributed by atoms with Crippen molar-refractivity contribution in [3.8, 4) is 0 Å². The standard InChI is InChI=1S/C21H28O7/c1-4-12-25-15-20(24-3)18(23-2)17(10-11-21(20)26-13-14-27-21)28-19(22)16-8-6-5-7-9-16/h4-9,17-18H,1,10-15H2,2-3H3/t17-,18-,20-/m1/s1. The van der Waals surface area contributed by atoms with Crippen LogP contribution in [0.5, 0.6) is 0 Å². The number of benzene rings is 1. The second kappa shape index (κ2) is 9.15. The van der Waals surface area contributed by atoms with Crippen molar-refractivity contribution in [3.05, 3.63) is 48.6 Å². The normalized spacial score (nSPS) is 28.9. The third kappa shape index (κ3) is 3.73. The summed E-state index contributed by atoms with van der Waals surface area (Å²) < 4.78 is 35.4. The number of ether oxygens (including phenoxy) is 6. The van der Waals surface area contributed by atoms with Crippen molar-refractivity contribution in [2.24, 2.45) is 0 Å². The Bertz CT molecular complexity index is 656. The zero-order chi connectivity index (χ0) is 20.0. The van der Waals surface area contributed by atoms with E-state index in [1.54, 1.807) is 44.6 Å². The van der Waals surface area contributed by atoms with Gasteiger partial charge in [0.1, 0.15) is 12.2 Å². The van der Waals surface area contributed by atoms with Gasteiger partial charge < -0.3 is 28.4 Å². The van der Waals surface area contributed by atoms with Gasteiger partial charge in [0.2, 0.25) is 5.79 Å². The van der Waals surface area contributed by atoms with Gasteiger partial charge in [-0.15, -0.1) is 6.58 Å². The minimum absolute atomic E-state index is 0.146. The van der Waals surface area contributed by atoms with Gasteiger partial charge >= 0.3 is 5.97 Å². The van der Waals surface area contributed by atoms with Gasteiger partial charge in [-0.1, -0.05) is 24.3 Å². The molecule has 3 rings (SSSR count). The van der Waals surface area contributed by atoms with Gasteiger partial charge in [0.05, 0.1) is 32.0 Å². The van der Waals surface area contributed by atoms with Crippen LogP contribution in [0.1, 0.15) is 23.2 Å². The van der Waals surface area contributed by atoms with Crippen molar-refractivity contribution in [1.29, 1.82) is 0 Å². The Hall–Kier alpha value is -1.77. The average Bonchev–Trinajstić information content (AvgIpc) is 3.21. The molecule has 7 heteroatoms. The van der Waals surface area contributed by atoms with Crippen molar-refractivity contribution in [2.45, 2.75) is 36.4 Å². The topological polar surface area (TPSA) is 72.5 Å². The first-order valence-electron chi connectivity index (χ1n) is 9.43. The van der Waals surface area contributed by atoms with E-state index in [0.717, 1.165) is 0 Å². The summed E-state index contributed by atoms with van der Waals surface area (Å²) in [4.78, 5) is 12.6. The fourth-order valence-electron chi connectivity index (χ4n) is 4.11. The Morgan fingerprint density at radius 2 is 1.96 bits per heavy atom. The molecule has 3 atom stereocenters. The molecule has 1 heterocycles. The largest absolute Gasteiger partial charge is 0.456 e. The number of methoxy groups -OCH3 is 2. The second-order valence-corrected chi connectivity index (χ2v) is 6.85. The molecule has 0 amide bonds. The van der Waals surface area contributed by atoms with Crippen LogP contribution in [0.15, 0.2) is 43.0 Å². The summed E-state index contributed by atoms with van der Waals surface area (Å²) in [6.07, 6.45) is 1.49. The maximum atomic E-state index is 12.6. The maximum Gasteiger partial charge on any atom is 0.338 e. The molecule has 1 saturated carbocycles. The van der Waals surface area contributed by atoms with Crippen molar-refractivity contribution in [3.63, 3.8) is 0 Å². The molecular weight excluding hydrogens is 364 g/mol. The highest BCUT2D eigenvalue weighted by atomic mass is 16.8. The zero-order valence-corrected chi connectivity index (χ0v) is 16.4. The van der Waals surface area contributed by atoms with E-state index in [2.05, 4.69) is 6.58 Å². The van der Waals surface area contributed by atoms with E-state index in [9.17, 15) is 4.79 Å². The van der Waals surface area contributed by atoms with E-state index in [0.29, 0.717) is 38.2 Å². The molecule has 1 aliphatic heterocycles. The van der Waals surface area contributed by atoms with E-state index in [1.165, 1.54) is 0 Å². The van der Waals surface area contributed by atoms with Gasteiger partial charge in [-0.3, -0.25) is 0 Å². The molecule has 1 aromatic carbocycles. The van der Waals surface area contributed by atoms with Crippen molar-refractivity contribution < 1.29 is 33.2 Å². The second-order valence-electron chi connectivity index (χ2n) is 6.85. The van der Waals surface area contributed by atoms with Gasteiger partial charge in [-0.05, 0) is 18.6 Å². The van der Waals surface area contributed by atoms with Gasteiger partial charge in [0.25, 0.3) is 0 Å². The number of esters is 1. The van der Waals surface area contributed by atoms with Gasteiger partial charge in [0.15, 0.2) is 5.60 Å². The Labute approximate surface area is 165 Å². The molecule has 1 aliphatic carbocycles. The number of hydrogen-bond acceptors (Lipinski definition) is 7. The van der Waals surface area contributed by atoms with E-state index in [-0.39, 0.29) is 6.61 Å². The van der Waals surface area contributed by atoms with E-state index in [4.69, 9.17) is 28.4 Å². The highest BCUT2D eigenvalue weighted by Crippen LogP contribution is 2.47. The van der Waals surface area contributed by atoms with Crippen LogP contribution in [0.25, 0.3) is 0 Å². The predicted molar refractivity (Wildman–Crippen MR) is 101 cm³/mol. The summed E-state index contributed by atoms with van der Waals surface area (Å²) in [7, 11) is 3.13. The lowest BCUT2D eigenvalue weighted by atomic mass is 9.75. The van der Waals surface area contributed by atoms with Gasteiger partial charge in [-0.2, -0.15) is 0 Å². The molecule has 28 heavy (non-hydrogen) atoms. The highest BCUT2D eigenvalue weighted by Gasteiger charge is 2.66. The molecular formula is C21H28O7. The Morgan fingerprint density at radius 1 is 1.25 bits per heavy atom. The smallest absolute Gasteiger partial charge is 0.338 e. The lowest BCUT2D eigenvalue weighted by Crippen LogP contribution is -2.72. The molecule has 0 radical (unpaired) electrons. The monoisotopic (exact) mass is 392 g/mol. The third-order valence-corrected chi connectivity index (χ3v) is 5.39. The molecule has 2 fully saturated rings. The molecule has 154 valence electrons. The van der Waals surface area contributed by atoms with Crippen molar-refractivity contribution in [1.82, 2.24) is 0 Å². The third-order valence-electron chi connectivity index (χ3n) is 5.39. The number of rotatable bonds is 8. The highest BCUT2D eigenvalue weighted by molar-refractivity contribution is 5.89. The Morgan fingerprint density at radius 3 is 2.57 bits per heavy atom. The zero-order valence-electron chi connectivity index (χ0n) is 16.4. The summed E-state index contributed by atoms with van der Waals surface area (Å²) in [5.74, 6) is -1.42. The first kappa shape index (κ1) is 21.0. The molecule has 0 N–H and O–H groups in total. The fraction of sp³-hybridized carbons (Fsp3) is 0.571. The van der Waals surface area contributed by atoms with Crippen molar-refractivity contribution in [2.75, 3.05) is 40.6 Å². The van der Waals surface area contributed by atoms with Crippen LogP contribution in [-0.2, 0) is 28.4 Å². The van der Waals surface area contributed by atoms with Crippen LogP contribution in [0.3, 0.4) is 0 Å². The van der Waals surface area contributed by atoms with Crippen molar-refractivity contribution >= 4 is 5.97 Å². The molecule has 7 nitrogen and oxygen atoms in total. The van der Waals surface area contributed by atoms with Crippen LogP contribution in [-0.4, -0.2) is 70.2 Å². The summed E-state index contributed by atoms with van der Waals surface area (Å²) in [6.45, 7) is 5.08. The number of hydrogen-bond donors (Lipinski definition) is 0. The quantitative estimate of drug-likeness (QED) is 0.382. The Kier molecular flexibility index (Phi) is 6.85. The molecule has 1 saturated heterocycles. The van der Waals surface area contributed by atoms with Gasteiger partial charge in [0, 0.05) is 20.6 Å². The van der Waals surface area contributed by atoms with Crippen LogP contribution in [0.4, 0.5) is 0 Å². The first-order valence-corrected chi connectivity index (χ1v) is 9.43. The summed E-state index contributed by atoms with van der Waals surface area (Å²) in [6, 6.07) is 8.87. The lowest BCUT2D eigenvalue weighted by Gasteiger charge is -2.53. The molecule has 0 aromatic heterocycles. The molecule has 1 aromatic rings. The lowest BCUT2D eigenvalue weighted by molar-refractivity contribution is -0.348. The summed E-state index contributed by atoms with van der Waals surface area (Å²) in [5.41, 5.74) is -0.613. The average molecular weight is 392 g/mol. The molecule has 0 bridgehead atoms. The van der Waals surface area contributed by atoms with Crippen LogP contribution < -0.4 is 0 Å². The predicted octanol–water partition coefficient (Wildman–Crippen LogP) is 2.35. The number of carbonyl (C=O) groups is 1. The molecule has 1 spiro atoms. The summed E-state index contributed by atoms with van der Waals surface area (Å²) in [5, 5.41) is 0.